The Hall–Kier alpha value is -4.85. The molecule has 0 unspecified atom stereocenters. The minimum atomic E-state index is -4.41. The molecule has 16 nitrogen and oxygen atoms in total. The highest BCUT2D eigenvalue weighted by Gasteiger charge is 2.08. The Bertz CT molecular complexity index is 1710. The first-order chi connectivity index (χ1) is 21.6. The van der Waals surface area contributed by atoms with Crippen LogP contribution in [0.1, 0.15) is 22.3 Å². The van der Waals surface area contributed by atoms with E-state index in [0.717, 1.165) is 43.8 Å². The van der Waals surface area contributed by atoms with Crippen LogP contribution >= 0.6 is 0 Å². The van der Waals surface area contributed by atoms with Crippen molar-refractivity contribution in [1.82, 2.24) is 4.98 Å². The number of nitrogens with zero attached hydrogens (tertiary/aromatic N) is 4. The summed E-state index contributed by atoms with van der Waals surface area (Å²) in [5, 5.41) is 21.0. The van der Waals surface area contributed by atoms with Crippen LogP contribution in [0.3, 0.4) is 0 Å². The van der Waals surface area contributed by atoms with Crippen LogP contribution in [-0.2, 0) is 53.2 Å². The second kappa shape index (κ2) is 19.5. The Kier molecular flexibility index (Phi) is 16.6. The van der Waals surface area contributed by atoms with E-state index in [2.05, 4.69) is 24.6 Å². The summed E-state index contributed by atoms with van der Waals surface area (Å²) >= 11 is 0. The molecule has 0 fully saturated rings. The number of non-ortho nitro benzene ring substituents is 2. The van der Waals surface area contributed by atoms with Gasteiger partial charge in [0.1, 0.15) is 7.05 Å². The lowest BCUT2D eigenvalue weighted by atomic mass is 10.1. The lowest BCUT2D eigenvalue weighted by molar-refractivity contribution is -0.671. The molecule has 2 aromatic carbocycles. The van der Waals surface area contributed by atoms with Crippen molar-refractivity contribution in [2.75, 3.05) is 14.2 Å². The minimum absolute atomic E-state index is 0.124. The van der Waals surface area contributed by atoms with Crippen LogP contribution < -0.4 is 4.57 Å². The van der Waals surface area contributed by atoms with Gasteiger partial charge in [-0.2, -0.15) is 8.42 Å². The van der Waals surface area contributed by atoms with Crippen LogP contribution in [0.5, 0.6) is 0 Å². The van der Waals surface area contributed by atoms with Crippen molar-refractivity contribution in [3.05, 3.63) is 147 Å². The summed E-state index contributed by atoms with van der Waals surface area (Å²) in [5.41, 5.74) is 4.72. The van der Waals surface area contributed by atoms with Crippen LogP contribution in [0.4, 0.5) is 11.4 Å². The van der Waals surface area contributed by atoms with Gasteiger partial charge in [-0.3, -0.25) is 29.4 Å². The molecule has 0 N–H and O–H groups in total. The molecule has 0 saturated heterocycles. The van der Waals surface area contributed by atoms with E-state index in [1.54, 1.807) is 36.7 Å². The molecule has 4 rings (SSSR count). The number of benzene rings is 2. The maximum absolute atomic E-state index is 10.5. The van der Waals surface area contributed by atoms with E-state index in [-0.39, 0.29) is 16.3 Å². The topological polar surface area (TPSA) is 222 Å². The van der Waals surface area contributed by atoms with E-state index in [1.165, 1.54) is 29.8 Å². The molecule has 4 aromatic rings. The van der Waals surface area contributed by atoms with Gasteiger partial charge in [0.05, 0.1) is 24.1 Å². The minimum Gasteiger partial charge on any atom is -0.726 e. The first kappa shape index (κ1) is 39.2. The van der Waals surface area contributed by atoms with Crippen molar-refractivity contribution in [3.63, 3.8) is 0 Å². The summed E-state index contributed by atoms with van der Waals surface area (Å²) in [4.78, 5) is 24.1. The Labute approximate surface area is 266 Å². The first-order valence-corrected chi connectivity index (χ1v) is 15.3. The number of nitro groups is 2. The Morgan fingerprint density at radius 1 is 0.696 bits per heavy atom. The van der Waals surface area contributed by atoms with Gasteiger partial charge in [-0.1, -0.05) is 24.3 Å². The van der Waals surface area contributed by atoms with E-state index in [4.69, 9.17) is 0 Å². The predicted molar refractivity (Wildman–Crippen MR) is 163 cm³/mol. The van der Waals surface area contributed by atoms with Crippen molar-refractivity contribution < 1.29 is 48.4 Å². The monoisotopic (exact) mass is 679 g/mol. The van der Waals surface area contributed by atoms with Crippen LogP contribution in [0, 0.1) is 27.3 Å². The Morgan fingerprint density at radius 2 is 1.04 bits per heavy atom. The standard InChI is InChI=1S/C13H13N2O2.C12H10N2O2.C2H5O4S.CH4O4S/c1-14-8-6-12(7-9-14)10-11-2-4-13(5-3-11)15(16)17;15-14(16)12-3-1-10(2-4-12)9-11-5-7-13-8-6-11;1-5-7(3,4)6-2;1-5-6(2,3)4/h2-9H,10H2,1H3;1-8H,9H2;1H2,2H3;1H3,(H,2,3,4)/q+1;;+1;/p-1. The lowest BCUT2D eigenvalue weighted by Gasteiger charge is -2.00. The number of pyridine rings is 2. The summed E-state index contributed by atoms with van der Waals surface area (Å²) in [6.45, 7) is 0. The zero-order chi connectivity index (χ0) is 34.8. The predicted octanol–water partition coefficient (Wildman–Crippen LogP) is 3.37. The molecule has 18 heteroatoms. The van der Waals surface area contributed by atoms with Crippen LogP contribution in [0.25, 0.3) is 0 Å². The molecule has 0 saturated carbocycles. The van der Waals surface area contributed by atoms with Gasteiger partial charge in [0.25, 0.3) is 11.4 Å². The molecular formula is C28H31N4O12S2+. The third kappa shape index (κ3) is 16.9. The smallest absolute Gasteiger partial charge is 0.438 e. The molecule has 0 spiro atoms. The van der Waals surface area contributed by atoms with Crippen molar-refractivity contribution in [1.29, 1.82) is 0 Å². The van der Waals surface area contributed by atoms with Gasteiger partial charge in [0.2, 0.25) is 17.5 Å². The molecule has 0 aliphatic carbocycles. The molecule has 0 atom stereocenters. The quantitative estimate of drug-likeness (QED) is 0.0619. The molecule has 0 radical (unpaired) electrons. The molecule has 2 aromatic heterocycles. The maximum Gasteiger partial charge on any atom is 0.438 e. The normalized spacial score (nSPS) is 10.5. The first-order valence-electron chi connectivity index (χ1n) is 12.6. The molecule has 46 heavy (non-hydrogen) atoms. The number of aryl methyl sites for hydroxylation is 1. The number of nitro benzene ring substituents is 2. The van der Waals surface area contributed by atoms with Gasteiger partial charge in [0, 0.05) is 48.8 Å². The van der Waals surface area contributed by atoms with E-state index < -0.39 is 25.7 Å². The van der Waals surface area contributed by atoms with Crippen molar-refractivity contribution in [2.24, 2.45) is 7.05 Å². The second-order valence-electron chi connectivity index (χ2n) is 8.70. The summed E-state index contributed by atoms with van der Waals surface area (Å²) in [6.07, 6.45) is 9.00. The fraction of sp³-hybridized carbons (Fsp3) is 0.179. The van der Waals surface area contributed by atoms with Crippen molar-refractivity contribution in [3.8, 4) is 0 Å². The molecule has 0 aliphatic rings. The van der Waals surface area contributed by atoms with Gasteiger partial charge in [-0.05, 0) is 51.4 Å². The number of aromatic nitrogens is 2. The van der Waals surface area contributed by atoms with E-state index in [1.807, 2.05) is 48.3 Å². The van der Waals surface area contributed by atoms with Crippen LogP contribution in [0.2, 0.25) is 0 Å². The summed E-state index contributed by atoms with van der Waals surface area (Å²) in [7, 11) is -1.80. The maximum atomic E-state index is 10.5. The van der Waals surface area contributed by atoms with Gasteiger partial charge < -0.3 is 4.55 Å². The Morgan fingerprint density at radius 3 is 1.33 bits per heavy atom. The summed E-state index contributed by atoms with van der Waals surface area (Å²) < 4.78 is 60.1. The van der Waals surface area contributed by atoms with Crippen molar-refractivity contribution in [2.45, 2.75) is 12.8 Å². The number of hydrogen-bond donors (Lipinski definition) is 0. The molecule has 246 valence electrons. The largest absolute Gasteiger partial charge is 0.726 e. The third-order valence-corrected chi connectivity index (χ3v) is 6.57. The van der Waals surface area contributed by atoms with Gasteiger partial charge in [0.15, 0.2) is 12.4 Å². The molecule has 0 amide bonds. The number of rotatable bonds is 9. The fourth-order valence-electron chi connectivity index (χ4n) is 3.14. The zero-order valence-corrected chi connectivity index (χ0v) is 26.5. The van der Waals surface area contributed by atoms with Gasteiger partial charge in [-0.25, -0.2) is 17.2 Å². The zero-order valence-electron chi connectivity index (χ0n) is 24.9. The highest BCUT2D eigenvalue weighted by atomic mass is 32.3. The third-order valence-electron chi connectivity index (χ3n) is 5.46. The van der Waals surface area contributed by atoms with Crippen LogP contribution in [-0.4, -0.2) is 50.4 Å². The second-order valence-corrected chi connectivity index (χ2v) is 11.2. The average Bonchev–Trinajstić information content (AvgIpc) is 3.04. The van der Waals surface area contributed by atoms with Gasteiger partial charge >= 0.3 is 10.4 Å². The highest BCUT2D eigenvalue weighted by molar-refractivity contribution is 7.81. The fourth-order valence-corrected chi connectivity index (χ4v) is 3.24. The average molecular weight is 680 g/mol. The SMILES string of the molecule is COS(=O)(=O)[O-].C[n+]1ccc(Cc2ccc([N+](=O)[O-])cc2)cc1.O=[N+]([O-])c1ccc(Cc2ccncc2)cc1.[CH2+]OS(=O)(=O)OC. The van der Waals surface area contributed by atoms with Crippen LogP contribution in [0.15, 0.2) is 97.6 Å². The molecule has 0 aliphatic heterocycles. The lowest BCUT2D eigenvalue weighted by Crippen LogP contribution is -2.25. The molecule has 0 bridgehead atoms. The number of hydrogen-bond acceptors (Lipinski definition) is 13. The van der Waals surface area contributed by atoms with E-state index in [9.17, 15) is 41.6 Å². The summed E-state index contributed by atoms with van der Waals surface area (Å²) in [5.74, 6) is 0. The van der Waals surface area contributed by atoms with Crippen molar-refractivity contribution >= 4 is 32.2 Å². The van der Waals surface area contributed by atoms with Gasteiger partial charge in [-0.15, -0.1) is 0 Å². The Balaban J connectivity index is 0.000000337. The van der Waals surface area contributed by atoms with E-state index >= 15 is 0 Å². The molecule has 2 heterocycles. The molecular weight excluding hydrogens is 648 g/mol. The van der Waals surface area contributed by atoms with E-state index in [0.29, 0.717) is 0 Å². The highest BCUT2D eigenvalue weighted by Crippen LogP contribution is 2.15. The summed E-state index contributed by atoms with van der Waals surface area (Å²) in [6, 6.07) is 21.2.